The molecule has 0 unspecified atom stereocenters. The molecule has 0 bridgehead atoms. The highest BCUT2D eigenvalue weighted by Gasteiger charge is 2.13. The van der Waals surface area contributed by atoms with Gasteiger partial charge in [-0.3, -0.25) is 9.67 Å². The number of nitrogens with one attached hydrogen (secondary N) is 1. The number of rotatable bonds is 9. The van der Waals surface area contributed by atoms with Gasteiger partial charge in [0.2, 0.25) is 0 Å². The molecule has 0 amide bonds. The molecule has 1 N–H and O–H groups in total. The van der Waals surface area contributed by atoms with E-state index in [9.17, 15) is 0 Å². The largest absolute Gasteiger partial charge is 0.378 e. The third-order valence-electron chi connectivity index (χ3n) is 4.76. The standard InChI is InChI=1S/C19H35N5O/c1-20-19(23(2)15-17-14-22-24(3)16-17)21-12-8-5-9-13-25-18-10-6-4-7-11-18/h14,16,18H,4-13,15H2,1-3H3,(H,20,21). The second kappa shape index (κ2) is 11.1. The van der Waals surface area contributed by atoms with E-state index in [0.717, 1.165) is 38.5 Å². The van der Waals surface area contributed by atoms with Crippen LogP contribution in [0.3, 0.4) is 0 Å². The molecule has 0 saturated heterocycles. The van der Waals surface area contributed by atoms with Crippen LogP contribution in [0.5, 0.6) is 0 Å². The van der Waals surface area contributed by atoms with Gasteiger partial charge in [0.15, 0.2) is 5.96 Å². The number of guanidine groups is 1. The minimum Gasteiger partial charge on any atom is -0.378 e. The van der Waals surface area contributed by atoms with E-state index in [0.29, 0.717) is 6.10 Å². The van der Waals surface area contributed by atoms with Gasteiger partial charge in [0, 0.05) is 52.6 Å². The summed E-state index contributed by atoms with van der Waals surface area (Å²) >= 11 is 0. The van der Waals surface area contributed by atoms with Gasteiger partial charge in [-0.1, -0.05) is 19.3 Å². The highest BCUT2D eigenvalue weighted by atomic mass is 16.5. The number of aryl methyl sites for hydroxylation is 1. The molecule has 0 atom stereocenters. The van der Waals surface area contributed by atoms with E-state index in [1.54, 1.807) is 0 Å². The molecule has 1 aromatic rings. The zero-order valence-corrected chi connectivity index (χ0v) is 16.2. The summed E-state index contributed by atoms with van der Waals surface area (Å²) in [6, 6.07) is 0. The molecule has 0 radical (unpaired) electrons. The van der Waals surface area contributed by atoms with Crippen molar-refractivity contribution in [1.82, 2.24) is 20.0 Å². The fraction of sp³-hybridized carbons (Fsp3) is 0.789. The summed E-state index contributed by atoms with van der Waals surface area (Å²) in [5, 5.41) is 7.65. The third kappa shape index (κ3) is 7.46. The summed E-state index contributed by atoms with van der Waals surface area (Å²) in [5.41, 5.74) is 1.19. The molecule has 142 valence electrons. The Hall–Kier alpha value is -1.56. The van der Waals surface area contributed by atoms with Gasteiger partial charge < -0.3 is 15.0 Å². The van der Waals surface area contributed by atoms with Crippen molar-refractivity contribution in [3.05, 3.63) is 18.0 Å². The lowest BCUT2D eigenvalue weighted by atomic mass is 9.98. The van der Waals surface area contributed by atoms with Gasteiger partial charge in [-0.2, -0.15) is 5.10 Å². The van der Waals surface area contributed by atoms with E-state index in [1.807, 2.05) is 31.2 Å². The average molecular weight is 350 g/mol. The van der Waals surface area contributed by atoms with Crippen LogP contribution >= 0.6 is 0 Å². The van der Waals surface area contributed by atoms with Crippen molar-refractivity contribution in [2.75, 3.05) is 27.2 Å². The van der Waals surface area contributed by atoms with Crippen LogP contribution in [0.1, 0.15) is 56.9 Å². The molecule has 1 heterocycles. The minimum atomic E-state index is 0.534. The number of nitrogens with zero attached hydrogens (tertiary/aromatic N) is 4. The molecule has 6 nitrogen and oxygen atoms in total. The van der Waals surface area contributed by atoms with Gasteiger partial charge in [-0.15, -0.1) is 0 Å². The molecule has 1 aliphatic rings. The molecule has 1 fully saturated rings. The van der Waals surface area contributed by atoms with Crippen molar-refractivity contribution in [2.24, 2.45) is 12.0 Å². The van der Waals surface area contributed by atoms with E-state index < -0.39 is 0 Å². The van der Waals surface area contributed by atoms with Gasteiger partial charge in [0.05, 0.1) is 12.3 Å². The zero-order chi connectivity index (χ0) is 17.9. The van der Waals surface area contributed by atoms with Crippen molar-refractivity contribution in [2.45, 2.75) is 64.0 Å². The summed E-state index contributed by atoms with van der Waals surface area (Å²) in [7, 11) is 5.83. The van der Waals surface area contributed by atoms with Crippen LogP contribution in [0.4, 0.5) is 0 Å². The van der Waals surface area contributed by atoms with E-state index in [-0.39, 0.29) is 0 Å². The molecule has 0 aromatic carbocycles. The molecule has 25 heavy (non-hydrogen) atoms. The maximum Gasteiger partial charge on any atom is 0.193 e. The summed E-state index contributed by atoms with van der Waals surface area (Å²) < 4.78 is 7.81. The lowest BCUT2D eigenvalue weighted by Crippen LogP contribution is -2.38. The second-order valence-electron chi connectivity index (χ2n) is 7.04. The Labute approximate surface area is 152 Å². The van der Waals surface area contributed by atoms with Crippen molar-refractivity contribution in [3.63, 3.8) is 0 Å². The van der Waals surface area contributed by atoms with Gasteiger partial charge in [-0.25, -0.2) is 0 Å². The summed E-state index contributed by atoms with van der Waals surface area (Å²) in [5.74, 6) is 0.933. The summed E-state index contributed by atoms with van der Waals surface area (Å²) in [6.45, 7) is 2.68. The van der Waals surface area contributed by atoms with Crippen molar-refractivity contribution < 1.29 is 4.74 Å². The highest BCUT2D eigenvalue weighted by Crippen LogP contribution is 2.20. The van der Waals surface area contributed by atoms with Crippen molar-refractivity contribution >= 4 is 5.96 Å². The SMILES string of the molecule is CN=C(NCCCCCOC1CCCCC1)N(C)Cc1cnn(C)c1. The molecule has 1 saturated carbocycles. The Kier molecular flexibility index (Phi) is 8.80. The Balaban J connectivity index is 1.53. The van der Waals surface area contributed by atoms with E-state index in [4.69, 9.17) is 4.74 Å². The first-order valence-corrected chi connectivity index (χ1v) is 9.70. The molecular formula is C19H35N5O. The number of ether oxygens (including phenoxy) is 1. The van der Waals surface area contributed by atoms with E-state index >= 15 is 0 Å². The first kappa shape index (κ1) is 19.8. The van der Waals surface area contributed by atoms with Gasteiger partial charge >= 0.3 is 0 Å². The number of unbranched alkanes of at least 4 members (excludes halogenated alkanes) is 2. The summed E-state index contributed by atoms with van der Waals surface area (Å²) in [6.07, 6.45) is 14.6. The van der Waals surface area contributed by atoms with Crippen LogP contribution < -0.4 is 5.32 Å². The normalized spacial score (nSPS) is 16.2. The van der Waals surface area contributed by atoms with Crippen LogP contribution in [0.2, 0.25) is 0 Å². The van der Waals surface area contributed by atoms with Crippen molar-refractivity contribution in [1.29, 1.82) is 0 Å². The highest BCUT2D eigenvalue weighted by molar-refractivity contribution is 5.79. The number of hydrogen-bond donors (Lipinski definition) is 1. The predicted octanol–water partition coefficient (Wildman–Crippen LogP) is 2.95. The van der Waals surface area contributed by atoms with Crippen LogP contribution in [0.15, 0.2) is 17.4 Å². The number of hydrogen-bond acceptors (Lipinski definition) is 3. The molecule has 0 spiro atoms. The van der Waals surface area contributed by atoms with E-state index in [1.165, 1.54) is 44.1 Å². The van der Waals surface area contributed by atoms with Crippen LogP contribution in [-0.4, -0.2) is 54.0 Å². The number of aromatic nitrogens is 2. The first-order chi connectivity index (χ1) is 12.2. The Morgan fingerprint density at radius 1 is 1.32 bits per heavy atom. The molecule has 6 heteroatoms. The van der Waals surface area contributed by atoms with Crippen LogP contribution in [0, 0.1) is 0 Å². The fourth-order valence-electron chi connectivity index (χ4n) is 3.37. The van der Waals surface area contributed by atoms with Crippen LogP contribution in [0.25, 0.3) is 0 Å². The Bertz CT molecular complexity index is 508. The van der Waals surface area contributed by atoms with Gasteiger partial charge in [-0.05, 0) is 32.1 Å². The topological polar surface area (TPSA) is 54.7 Å². The van der Waals surface area contributed by atoms with Gasteiger partial charge in [0.25, 0.3) is 0 Å². The van der Waals surface area contributed by atoms with E-state index in [2.05, 4.69) is 27.4 Å². The lowest BCUT2D eigenvalue weighted by Gasteiger charge is -2.22. The summed E-state index contributed by atoms with van der Waals surface area (Å²) in [4.78, 5) is 6.49. The lowest BCUT2D eigenvalue weighted by molar-refractivity contribution is 0.0264. The molecule has 1 aromatic heterocycles. The van der Waals surface area contributed by atoms with Crippen LogP contribution in [-0.2, 0) is 18.3 Å². The first-order valence-electron chi connectivity index (χ1n) is 9.70. The second-order valence-corrected chi connectivity index (χ2v) is 7.04. The third-order valence-corrected chi connectivity index (χ3v) is 4.76. The average Bonchev–Trinajstić information content (AvgIpc) is 3.03. The fourth-order valence-corrected chi connectivity index (χ4v) is 3.37. The molecule has 2 rings (SSSR count). The maximum atomic E-state index is 5.98. The van der Waals surface area contributed by atoms with Crippen molar-refractivity contribution in [3.8, 4) is 0 Å². The molecule has 0 aliphatic heterocycles. The quantitative estimate of drug-likeness (QED) is 0.423. The Morgan fingerprint density at radius 3 is 2.80 bits per heavy atom. The smallest absolute Gasteiger partial charge is 0.193 e. The Morgan fingerprint density at radius 2 is 2.12 bits per heavy atom. The monoisotopic (exact) mass is 349 g/mol. The number of aliphatic imine (C=N–C) groups is 1. The molecule has 1 aliphatic carbocycles. The minimum absolute atomic E-state index is 0.534. The predicted molar refractivity (Wildman–Crippen MR) is 103 cm³/mol. The maximum absolute atomic E-state index is 5.98. The zero-order valence-electron chi connectivity index (χ0n) is 16.2. The molecular weight excluding hydrogens is 314 g/mol. The van der Waals surface area contributed by atoms with Gasteiger partial charge in [0.1, 0.15) is 0 Å².